The van der Waals surface area contributed by atoms with E-state index in [0.29, 0.717) is 19.4 Å². The van der Waals surface area contributed by atoms with Gasteiger partial charge in [-0.15, -0.1) is 11.3 Å². The van der Waals surface area contributed by atoms with Crippen LogP contribution < -0.4 is 16.7 Å². The first-order valence-corrected chi connectivity index (χ1v) is 11.8. The first-order chi connectivity index (χ1) is 17.8. The molecule has 0 bridgehead atoms. The molecule has 1 aliphatic heterocycles. The summed E-state index contributed by atoms with van der Waals surface area (Å²) in [5.74, 6) is -2.72. The SMILES string of the molecule is Cc1cc(-c2ccc(Cn3cnn(CC(CN)=C(F)F)c3=O)s2)cc2c1NC(=O)CC2.O=C(O)C(F)(F)F. The Labute approximate surface area is 216 Å². The summed E-state index contributed by atoms with van der Waals surface area (Å²) in [5.41, 5.74) is 8.61. The molecule has 3 aromatic rings. The monoisotopic (exact) mass is 559 g/mol. The summed E-state index contributed by atoms with van der Waals surface area (Å²) in [6.45, 7) is 1.61. The summed E-state index contributed by atoms with van der Waals surface area (Å²) in [5, 5.41) is 14.0. The van der Waals surface area contributed by atoms with Gasteiger partial charge in [0.15, 0.2) is 0 Å². The maximum Gasteiger partial charge on any atom is 0.490 e. The minimum absolute atomic E-state index is 0.0380. The maximum absolute atomic E-state index is 12.8. The lowest BCUT2D eigenvalue weighted by atomic mass is 9.96. The molecule has 0 spiro atoms. The zero-order valence-corrected chi connectivity index (χ0v) is 20.6. The third kappa shape index (κ3) is 6.92. The standard InChI is InChI=1S/C21H21F2N5O2S.C2HF3O2/c1-12-6-14(7-13-2-5-18(29)26-19(12)13)17-4-3-16(31-17)10-27-11-25-28(21(27)30)9-15(8-24)20(22)23;3-2(4,5)1(6)7/h3-4,6-7,11H,2,5,8-10,24H2,1H3,(H,26,29);(H,6,7). The molecule has 4 rings (SSSR count). The van der Waals surface area contributed by atoms with Crippen molar-refractivity contribution < 1.29 is 36.6 Å². The number of carbonyl (C=O) groups excluding carboxylic acids is 1. The lowest BCUT2D eigenvalue weighted by Crippen LogP contribution is -2.27. The van der Waals surface area contributed by atoms with Gasteiger partial charge in [0.25, 0.3) is 6.08 Å². The Morgan fingerprint density at radius 1 is 1.21 bits per heavy atom. The number of aryl methyl sites for hydroxylation is 2. The average Bonchev–Trinajstić information content (AvgIpc) is 3.44. The highest BCUT2D eigenvalue weighted by Crippen LogP contribution is 2.35. The van der Waals surface area contributed by atoms with Gasteiger partial charge in [-0.1, -0.05) is 0 Å². The van der Waals surface area contributed by atoms with Gasteiger partial charge in [-0.05, 0) is 54.3 Å². The molecular formula is C23H22F5N5O4S. The number of nitrogens with one attached hydrogen (secondary N) is 1. The van der Waals surface area contributed by atoms with E-state index < -0.39 is 23.9 Å². The van der Waals surface area contributed by atoms with Crippen LogP contribution in [0, 0.1) is 6.92 Å². The number of fused-ring (bicyclic) bond motifs is 1. The van der Waals surface area contributed by atoms with Crippen LogP contribution in [0.25, 0.3) is 10.4 Å². The number of benzene rings is 1. The van der Waals surface area contributed by atoms with Crippen molar-refractivity contribution in [1.29, 1.82) is 0 Å². The molecule has 1 aromatic carbocycles. The van der Waals surface area contributed by atoms with Crippen molar-refractivity contribution in [3.63, 3.8) is 0 Å². The second kappa shape index (κ2) is 11.7. The normalized spacial score (nSPS) is 12.8. The minimum Gasteiger partial charge on any atom is -0.475 e. The molecular weight excluding hydrogens is 537 g/mol. The van der Waals surface area contributed by atoms with Gasteiger partial charge >= 0.3 is 17.8 Å². The van der Waals surface area contributed by atoms with Crippen molar-refractivity contribution >= 4 is 28.9 Å². The molecule has 15 heteroatoms. The van der Waals surface area contributed by atoms with Gasteiger partial charge in [0.05, 0.1) is 13.1 Å². The number of rotatable bonds is 6. The first-order valence-electron chi connectivity index (χ1n) is 11.0. The van der Waals surface area contributed by atoms with Crippen LogP contribution in [0.1, 0.15) is 22.4 Å². The first kappa shape index (κ1) is 28.7. The number of carbonyl (C=O) groups is 2. The van der Waals surface area contributed by atoms with Gasteiger partial charge in [0, 0.05) is 34.0 Å². The van der Waals surface area contributed by atoms with Crippen LogP contribution in [0.4, 0.5) is 27.6 Å². The number of aliphatic carboxylic acids is 1. The highest BCUT2D eigenvalue weighted by molar-refractivity contribution is 7.15. The van der Waals surface area contributed by atoms with Crippen molar-refractivity contribution in [1.82, 2.24) is 14.3 Å². The maximum atomic E-state index is 12.8. The Morgan fingerprint density at radius 2 is 1.89 bits per heavy atom. The fraction of sp³-hybridized carbons (Fsp3) is 0.304. The quantitative estimate of drug-likeness (QED) is 0.394. The van der Waals surface area contributed by atoms with Crippen LogP contribution in [0.2, 0.25) is 0 Å². The number of alkyl halides is 3. The zero-order valence-electron chi connectivity index (χ0n) is 19.8. The summed E-state index contributed by atoms with van der Waals surface area (Å²) in [6, 6.07) is 8.06. The third-order valence-electron chi connectivity index (χ3n) is 5.47. The highest BCUT2D eigenvalue weighted by Gasteiger charge is 2.38. The molecule has 0 atom stereocenters. The predicted molar refractivity (Wildman–Crippen MR) is 129 cm³/mol. The van der Waals surface area contributed by atoms with Gasteiger partial charge < -0.3 is 16.2 Å². The van der Waals surface area contributed by atoms with Crippen LogP contribution in [0.5, 0.6) is 0 Å². The fourth-order valence-corrected chi connectivity index (χ4v) is 4.58. The largest absolute Gasteiger partial charge is 0.490 e. The van der Waals surface area contributed by atoms with Crippen molar-refractivity contribution in [2.45, 2.75) is 39.0 Å². The number of anilines is 1. The van der Waals surface area contributed by atoms with Crippen LogP contribution in [-0.4, -0.2) is 44.1 Å². The number of nitrogens with two attached hydrogens (primary N) is 1. The Morgan fingerprint density at radius 3 is 2.50 bits per heavy atom. The molecule has 3 heterocycles. The molecule has 38 heavy (non-hydrogen) atoms. The molecule has 1 aliphatic rings. The van der Waals surface area contributed by atoms with E-state index in [1.807, 2.05) is 25.1 Å². The van der Waals surface area contributed by atoms with Gasteiger partial charge in [-0.3, -0.25) is 9.36 Å². The number of amides is 1. The number of carboxylic acid groups (broad SMARTS) is 1. The Hall–Kier alpha value is -3.85. The molecule has 2 aromatic heterocycles. The summed E-state index contributed by atoms with van der Waals surface area (Å²) in [4.78, 5) is 35.0. The van der Waals surface area contributed by atoms with E-state index in [9.17, 15) is 31.5 Å². The van der Waals surface area contributed by atoms with Crippen molar-refractivity contribution in [3.05, 3.63) is 68.7 Å². The Balaban J connectivity index is 0.000000505. The number of carboxylic acids is 1. The summed E-state index contributed by atoms with van der Waals surface area (Å²) >= 11 is 1.55. The van der Waals surface area contributed by atoms with E-state index in [2.05, 4.69) is 16.5 Å². The molecule has 0 unspecified atom stereocenters. The van der Waals surface area contributed by atoms with Gasteiger partial charge in [0.1, 0.15) is 6.33 Å². The number of nitrogens with zero attached hydrogens (tertiary/aromatic N) is 3. The number of hydrogen-bond donors (Lipinski definition) is 3. The minimum atomic E-state index is -5.08. The lowest BCUT2D eigenvalue weighted by Gasteiger charge is -2.20. The molecule has 0 fully saturated rings. The Kier molecular flexibility index (Phi) is 8.83. The molecule has 0 radical (unpaired) electrons. The predicted octanol–water partition coefficient (Wildman–Crippen LogP) is 3.76. The summed E-state index contributed by atoms with van der Waals surface area (Å²) in [7, 11) is 0. The van der Waals surface area contributed by atoms with Crippen LogP contribution >= 0.6 is 11.3 Å². The van der Waals surface area contributed by atoms with Crippen LogP contribution in [-0.2, 0) is 29.1 Å². The van der Waals surface area contributed by atoms with E-state index in [1.54, 1.807) is 11.3 Å². The highest BCUT2D eigenvalue weighted by atomic mass is 32.1. The van der Waals surface area contributed by atoms with Gasteiger partial charge in [-0.25, -0.2) is 14.3 Å². The van der Waals surface area contributed by atoms with E-state index in [4.69, 9.17) is 15.6 Å². The van der Waals surface area contributed by atoms with Crippen molar-refractivity contribution in [3.8, 4) is 10.4 Å². The second-order valence-corrected chi connectivity index (χ2v) is 9.38. The van der Waals surface area contributed by atoms with E-state index in [1.165, 1.54) is 10.9 Å². The Bertz CT molecular complexity index is 1440. The van der Waals surface area contributed by atoms with Gasteiger partial charge in [-0.2, -0.15) is 27.1 Å². The van der Waals surface area contributed by atoms with Crippen LogP contribution in [0.3, 0.4) is 0 Å². The van der Waals surface area contributed by atoms with Crippen LogP contribution in [0.15, 0.2) is 47.0 Å². The number of halogens is 5. The molecule has 0 aliphatic carbocycles. The molecule has 4 N–H and O–H groups in total. The number of hydrogen-bond acceptors (Lipinski definition) is 6. The average molecular weight is 560 g/mol. The van der Waals surface area contributed by atoms with E-state index in [0.717, 1.165) is 36.8 Å². The molecule has 0 saturated carbocycles. The third-order valence-corrected chi connectivity index (χ3v) is 6.59. The molecule has 1 amide bonds. The molecule has 9 nitrogen and oxygen atoms in total. The van der Waals surface area contributed by atoms with E-state index in [-0.39, 0.29) is 24.6 Å². The topological polar surface area (TPSA) is 132 Å². The molecule has 204 valence electrons. The second-order valence-electron chi connectivity index (χ2n) is 8.21. The number of aromatic nitrogens is 3. The fourth-order valence-electron chi connectivity index (χ4n) is 3.59. The summed E-state index contributed by atoms with van der Waals surface area (Å²) in [6.07, 6.45) is -4.43. The summed E-state index contributed by atoms with van der Waals surface area (Å²) < 4.78 is 59.7. The smallest absolute Gasteiger partial charge is 0.475 e. The van der Waals surface area contributed by atoms with Crippen molar-refractivity contribution in [2.75, 3.05) is 11.9 Å². The number of thiophene rings is 1. The van der Waals surface area contributed by atoms with Gasteiger partial charge in [0.2, 0.25) is 5.91 Å². The van der Waals surface area contributed by atoms with E-state index >= 15 is 0 Å². The molecule has 0 saturated heterocycles. The van der Waals surface area contributed by atoms with Crippen molar-refractivity contribution in [2.24, 2.45) is 5.73 Å². The zero-order chi connectivity index (χ0) is 28.2. The lowest BCUT2D eigenvalue weighted by molar-refractivity contribution is -0.192.